The molecule has 2 heterocycles. The first kappa shape index (κ1) is 17.8. The van der Waals surface area contributed by atoms with Gasteiger partial charge in [0.1, 0.15) is 17.2 Å². The lowest BCUT2D eigenvalue weighted by atomic mass is 9.99. The number of aryl methyl sites for hydroxylation is 1. The second kappa shape index (κ2) is 6.36. The monoisotopic (exact) mass is 365 g/mol. The average molecular weight is 365 g/mol. The highest BCUT2D eigenvalue weighted by Gasteiger charge is 2.48. The van der Waals surface area contributed by atoms with E-state index < -0.39 is 23.8 Å². The van der Waals surface area contributed by atoms with Crippen LogP contribution in [0.5, 0.6) is 17.2 Å². The minimum absolute atomic E-state index is 0.0589. The first-order valence-electron chi connectivity index (χ1n) is 7.60. The highest BCUT2D eigenvalue weighted by Crippen LogP contribution is 2.42. The maximum atomic E-state index is 13.2. The number of halogens is 3. The van der Waals surface area contributed by atoms with Gasteiger partial charge in [-0.15, -0.1) is 0 Å². The molecule has 1 aromatic heterocycles. The summed E-state index contributed by atoms with van der Waals surface area (Å²) in [7, 11) is 0. The van der Waals surface area contributed by atoms with Crippen LogP contribution in [0.3, 0.4) is 0 Å². The zero-order valence-corrected chi connectivity index (χ0v) is 13.8. The Morgan fingerprint density at radius 2 is 1.96 bits per heavy atom. The third kappa shape index (κ3) is 3.22. The van der Waals surface area contributed by atoms with Crippen LogP contribution in [0.25, 0.3) is 6.08 Å². The first-order valence-corrected chi connectivity index (χ1v) is 7.60. The topological polar surface area (TPSA) is 68.7 Å². The van der Waals surface area contributed by atoms with Gasteiger partial charge >= 0.3 is 12.1 Å². The van der Waals surface area contributed by atoms with Gasteiger partial charge in [0, 0.05) is 17.3 Å². The van der Waals surface area contributed by atoms with Gasteiger partial charge in [-0.25, -0.2) is 4.79 Å². The Morgan fingerprint density at radius 1 is 1.23 bits per heavy atom. The normalized spacial score (nSPS) is 16.3. The van der Waals surface area contributed by atoms with Crippen molar-refractivity contribution < 1.29 is 32.5 Å². The number of fused-ring (bicyclic) bond motifs is 1. The smallest absolute Gasteiger partial charge is 0.430 e. The summed E-state index contributed by atoms with van der Waals surface area (Å²) in [6, 6.07) is 6.36. The fourth-order valence-corrected chi connectivity index (χ4v) is 2.61. The summed E-state index contributed by atoms with van der Waals surface area (Å²) in [5, 5.41) is 9.07. The van der Waals surface area contributed by atoms with E-state index in [4.69, 9.17) is 14.6 Å². The van der Waals surface area contributed by atoms with Crippen LogP contribution in [0.2, 0.25) is 0 Å². The second-order valence-corrected chi connectivity index (χ2v) is 5.74. The predicted octanol–water partition coefficient (Wildman–Crippen LogP) is 4.28. The number of hydrogen-bond acceptors (Lipinski definition) is 4. The standard InChI is InChI=1S/C18H14F3NO4/c1-9-13(25-14-4-3-7-22-10(14)2)6-5-11-8-12(17(23)24)16(18(19,20)21)26-15(9)11/h3-8,16H,1-2H3,(H,23,24). The van der Waals surface area contributed by atoms with E-state index in [2.05, 4.69) is 4.98 Å². The number of ether oxygens (including phenoxy) is 2. The Kier molecular flexibility index (Phi) is 4.35. The van der Waals surface area contributed by atoms with E-state index in [1.807, 2.05) is 0 Å². The van der Waals surface area contributed by atoms with Crippen molar-refractivity contribution in [2.24, 2.45) is 0 Å². The predicted molar refractivity (Wildman–Crippen MR) is 86.3 cm³/mol. The molecule has 1 N–H and O–H groups in total. The number of carbonyl (C=O) groups is 1. The van der Waals surface area contributed by atoms with E-state index in [0.29, 0.717) is 22.8 Å². The summed E-state index contributed by atoms with van der Waals surface area (Å²) in [4.78, 5) is 15.3. The van der Waals surface area contributed by atoms with Crippen LogP contribution in [0.4, 0.5) is 13.2 Å². The highest BCUT2D eigenvalue weighted by atomic mass is 19.4. The molecule has 0 aliphatic carbocycles. The van der Waals surface area contributed by atoms with Gasteiger partial charge in [0.25, 0.3) is 0 Å². The maximum Gasteiger partial charge on any atom is 0.430 e. The number of pyridine rings is 1. The van der Waals surface area contributed by atoms with E-state index in [-0.39, 0.29) is 11.3 Å². The molecular formula is C18H14F3NO4. The van der Waals surface area contributed by atoms with Crippen LogP contribution < -0.4 is 9.47 Å². The van der Waals surface area contributed by atoms with E-state index in [0.717, 1.165) is 6.08 Å². The van der Waals surface area contributed by atoms with Crippen molar-refractivity contribution in [2.75, 3.05) is 0 Å². The lowest BCUT2D eigenvalue weighted by Gasteiger charge is -2.28. The summed E-state index contributed by atoms with van der Waals surface area (Å²) in [5.41, 5.74) is 0.337. The summed E-state index contributed by atoms with van der Waals surface area (Å²) in [6.45, 7) is 3.29. The van der Waals surface area contributed by atoms with E-state index in [1.165, 1.54) is 6.07 Å². The van der Waals surface area contributed by atoms with Crippen LogP contribution in [0.15, 0.2) is 36.0 Å². The lowest BCUT2D eigenvalue weighted by Crippen LogP contribution is -2.40. The number of carboxylic acid groups (broad SMARTS) is 1. The van der Waals surface area contributed by atoms with Gasteiger partial charge in [-0.3, -0.25) is 4.98 Å². The molecule has 8 heteroatoms. The van der Waals surface area contributed by atoms with Gasteiger partial charge in [-0.1, -0.05) is 0 Å². The van der Waals surface area contributed by atoms with Crippen molar-refractivity contribution in [3.8, 4) is 17.2 Å². The third-order valence-electron chi connectivity index (χ3n) is 3.94. The number of hydrogen-bond donors (Lipinski definition) is 1. The van der Waals surface area contributed by atoms with Crippen molar-refractivity contribution in [3.05, 3.63) is 52.9 Å². The van der Waals surface area contributed by atoms with Crippen LogP contribution in [-0.2, 0) is 4.79 Å². The maximum absolute atomic E-state index is 13.2. The molecule has 0 saturated heterocycles. The number of alkyl halides is 3. The Morgan fingerprint density at radius 3 is 2.58 bits per heavy atom. The van der Waals surface area contributed by atoms with Crippen molar-refractivity contribution in [1.29, 1.82) is 0 Å². The van der Waals surface area contributed by atoms with Crippen molar-refractivity contribution in [2.45, 2.75) is 26.1 Å². The van der Waals surface area contributed by atoms with Crippen molar-refractivity contribution >= 4 is 12.0 Å². The molecule has 0 saturated carbocycles. The molecule has 2 aromatic rings. The number of aliphatic carboxylic acids is 1. The van der Waals surface area contributed by atoms with Gasteiger partial charge < -0.3 is 14.6 Å². The number of carboxylic acids is 1. The summed E-state index contributed by atoms with van der Waals surface area (Å²) >= 11 is 0. The number of benzene rings is 1. The van der Waals surface area contributed by atoms with Gasteiger partial charge in [0.2, 0.25) is 6.10 Å². The molecule has 0 radical (unpaired) electrons. The van der Waals surface area contributed by atoms with Crippen LogP contribution in [0, 0.1) is 13.8 Å². The summed E-state index contributed by atoms with van der Waals surface area (Å²) in [6.07, 6.45) is -4.82. The van der Waals surface area contributed by atoms with Crippen LogP contribution in [0.1, 0.15) is 16.8 Å². The van der Waals surface area contributed by atoms with E-state index in [1.54, 1.807) is 38.2 Å². The quantitative estimate of drug-likeness (QED) is 0.879. The Labute approximate surface area is 146 Å². The van der Waals surface area contributed by atoms with Gasteiger partial charge in [0.05, 0.1) is 11.3 Å². The Hall–Kier alpha value is -3.03. The molecule has 1 aliphatic rings. The molecular weight excluding hydrogens is 351 g/mol. The van der Waals surface area contributed by atoms with Gasteiger partial charge in [-0.2, -0.15) is 13.2 Å². The molecule has 0 bridgehead atoms. The number of aromatic nitrogens is 1. The molecule has 26 heavy (non-hydrogen) atoms. The lowest BCUT2D eigenvalue weighted by molar-refractivity contribution is -0.187. The van der Waals surface area contributed by atoms with Crippen molar-refractivity contribution in [3.63, 3.8) is 0 Å². The summed E-state index contributed by atoms with van der Waals surface area (Å²) in [5.74, 6) is -0.980. The molecule has 136 valence electrons. The van der Waals surface area contributed by atoms with Gasteiger partial charge in [0.15, 0.2) is 0 Å². The molecule has 0 spiro atoms. The second-order valence-electron chi connectivity index (χ2n) is 5.74. The zero-order chi connectivity index (χ0) is 19.1. The molecule has 0 amide bonds. The zero-order valence-electron chi connectivity index (χ0n) is 13.8. The molecule has 1 aromatic carbocycles. The Bertz CT molecular complexity index is 906. The molecule has 5 nitrogen and oxygen atoms in total. The highest BCUT2D eigenvalue weighted by molar-refractivity contribution is 5.95. The average Bonchev–Trinajstić information content (AvgIpc) is 2.57. The number of rotatable bonds is 3. The SMILES string of the molecule is Cc1ncccc1Oc1ccc2c(c1C)OC(C(F)(F)F)C(C(=O)O)=C2. The van der Waals surface area contributed by atoms with Gasteiger partial charge in [-0.05, 0) is 44.2 Å². The largest absolute Gasteiger partial charge is 0.478 e. The number of nitrogens with zero attached hydrogens (tertiary/aromatic N) is 1. The van der Waals surface area contributed by atoms with Crippen LogP contribution in [-0.4, -0.2) is 28.3 Å². The molecule has 1 aliphatic heterocycles. The molecule has 1 unspecified atom stereocenters. The van der Waals surface area contributed by atoms with Crippen molar-refractivity contribution in [1.82, 2.24) is 4.98 Å². The molecule has 0 fully saturated rings. The summed E-state index contributed by atoms with van der Waals surface area (Å²) < 4.78 is 50.4. The fourth-order valence-electron chi connectivity index (χ4n) is 2.61. The third-order valence-corrected chi connectivity index (χ3v) is 3.94. The molecule has 1 atom stereocenters. The van der Waals surface area contributed by atoms with Crippen LogP contribution >= 0.6 is 0 Å². The minimum atomic E-state index is -4.86. The minimum Gasteiger partial charge on any atom is -0.478 e. The first-order chi connectivity index (χ1) is 12.2. The fraction of sp³-hybridized carbons (Fsp3) is 0.222. The molecule has 3 rings (SSSR count). The van der Waals surface area contributed by atoms with E-state index >= 15 is 0 Å². The van der Waals surface area contributed by atoms with E-state index in [9.17, 15) is 18.0 Å². The Balaban J connectivity index is 2.04.